The molecule has 5 heterocycles. The first-order valence-corrected chi connectivity index (χ1v) is 16.3. The van der Waals surface area contributed by atoms with Crippen molar-refractivity contribution in [1.82, 2.24) is 19.2 Å². The maximum Gasteiger partial charge on any atom is 0.490 e. The van der Waals surface area contributed by atoms with Crippen molar-refractivity contribution < 1.29 is 74.0 Å². The van der Waals surface area contributed by atoms with Gasteiger partial charge in [0, 0.05) is 52.0 Å². The number of piperazine rings is 1. The predicted octanol–water partition coefficient (Wildman–Crippen LogP) is 5.40. The topological polar surface area (TPSA) is 148 Å². The van der Waals surface area contributed by atoms with Crippen LogP contribution >= 0.6 is 11.3 Å². The molecule has 0 spiro atoms. The highest BCUT2D eigenvalue weighted by atomic mass is 32.1. The summed E-state index contributed by atoms with van der Waals surface area (Å²) in [6.07, 6.45) is -10.2. The van der Waals surface area contributed by atoms with Crippen LogP contribution in [0.15, 0.2) is 41.2 Å². The molecule has 3 fully saturated rings. The summed E-state index contributed by atoms with van der Waals surface area (Å²) in [4.78, 5) is 39.6. The molecule has 2 saturated heterocycles. The zero-order valence-electron chi connectivity index (χ0n) is 27.0. The number of carbonyl (C=O) groups is 3. The Bertz CT molecular complexity index is 1550. The Balaban J connectivity index is 0.000000285. The Labute approximate surface area is 293 Å². The van der Waals surface area contributed by atoms with E-state index in [-0.39, 0.29) is 0 Å². The molecular weight excluding hydrogens is 745 g/mol. The highest BCUT2D eigenvalue weighted by Crippen LogP contribution is 2.35. The monoisotopic (exact) mass is 779 g/mol. The normalized spacial score (nSPS) is 18.6. The van der Waals surface area contributed by atoms with Gasteiger partial charge in [0.15, 0.2) is 0 Å². The molecule has 3 N–H and O–H groups in total. The lowest BCUT2D eigenvalue weighted by Crippen LogP contribution is -2.48. The van der Waals surface area contributed by atoms with Crippen molar-refractivity contribution in [2.75, 3.05) is 57.4 Å². The second-order valence-corrected chi connectivity index (χ2v) is 12.4. The lowest BCUT2D eigenvalue weighted by Gasteiger charge is -2.41. The number of carboxylic acids is 3. The number of hydrogen-bond acceptors (Lipinski definition) is 9. The maximum absolute atomic E-state index is 10.6. The summed E-state index contributed by atoms with van der Waals surface area (Å²) in [7, 11) is 0. The number of nitrogens with zero attached hydrogens (tertiary/aromatic N) is 5. The van der Waals surface area contributed by atoms with Gasteiger partial charge in [-0.25, -0.2) is 19.4 Å². The van der Waals surface area contributed by atoms with Crippen molar-refractivity contribution in [2.45, 2.75) is 44.0 Å². The van der Waals surface area contributed by atoms with Crippen LogP contribution in [0.4, 0.5) is 45.3 Å². The number of anilines is 1. The number of aromatic nitrogens is 2. The quantitative estimate of drug-likeness (QED) is 0.277. The lowest BCUT2D eigenvalue weighted by molar-refractivity contribution is -0.193. The van der Waals surface area contributed by atoms with E-state index >= 15 is 0 Å². The number of alkyl halides is 9. The number of carboxylic acid groups (broad SMARTS) is 3. The van der Waals surface area contributed by atoms with Crippen molar-refractivity contribution in [3.8, 4) is 0 Å². The first kappa shape index (κ1) is 42.3. The average Bonchev–Trinajstić information content (AvgIpc) is 3.52. The van der Waals surface area contributed by atoms with Crippen LogP contribution in [-0.4, -0.2) is 123 Å². The molecule has 1 unspecified atom stereocenters. The molecule has 12 nitrogen and oxygen atoms in total. The van der Waals surface area contributed by atoms with Gasteiger partial charge in [0.2, 0.25) is 0 Å². The van der Waals surface area contributed by atoms with E-state index in [1.807, 2.05) is 0 Å². The standard InChI is InChI=1S/C24H31N5OS.3C2HF3O2/c1-2-23-25-21(16-29(23)24(3-1)27-9-11-30-12-10-27)22-17-26(14-20-6-13-31-18-20)7-8-28(22)15-19-4-5-19;3*3-2(4,5)1(6)7/h1-3,6,13,16,18-19,22H,4-5,7-12,14-15,17H2;3*(H,6,7). The third kappa shape index (κ3) is 13.4. The van der Waals surface area contributed by atoms with Crippen molar-refractivity contribution in [3.63, 3.8) is 0 Å². The van der Waals surface area contributed by atoms with Crippen LogP contribution in [0, 0.1) is 5.92 Å². The van der Waals surface area contributed by atoms with Crippen LogP contribution in [0.1, 0.15) is 30.1 Å². The second kappa shape index (κ2) is 18.1. The molecule has 1 aliphatic carbocycles. The van der Waals surface area contributed by atoms with Crippen molar-refractivity contribution >= 4 is 40.7 Å². The SMILES string of the molecule is O=C(O)C(F)(F)F.O=C(O)C(F)(F)F.O=C(O)C(F)(F)F.c1cc(N2CCOCC2)n2cc(C3CN(Cc4ccsc4)CCN3CC3CC3)nc2c1. The van der Waals surface area contributed by atoms with E-state index in [9.17, 15) is 39.5 Å². The Kier molecular flexibility index (Phi) is 14.7. The molecule has 0 bridgehead atoms. The molecule has 2 aliphatic heterocycles. The number of rotatable bonds is 6. The first-order chi connectivity index (χ1) is 24.2. The highest BCUT2D eigenvalue weighted by Gasteiger charge is 2.39. The van der Waals surface area contributed by atoms with Crippen LogP contribution in [-0.2, 0) is 25.7 Å². The van der Waals surface area contributed by atoms with Gasteiger partial charge in [0.05, 0.1) is 24.9 Å². The van der Waals surface area contributed by atoms with Gasteiger partial charge in [-0.05, 0) is 53.3 Å². The molecule has 290 valence electrons. The summed E-state index contributed by atoms with van der Waals surface area (Å²) in [5.41, 5.74) is 3.71. The molecule has 6 rings (SSSR count). The van der Waals surface area contributed by atoms with Gasteiger partial charge in [-0.1, -0.05) is 6.07 Å². The number of aliphatic carboxylic acids is 3. The Morgan fingerprint density at radius 3 is 1.87 bits per heavy atom. The van der Waals surface area contributed by atoms with Gasteiger partial charge in [0.1, 0.15) is 11.5 Å². The van der Waals surface area contributed by atoms with E-state index in [0.29, 0.717) is 6.04 Å². The molecule has 52 heavy (non-hydrogen) atoms. The van der Waals surface area contributed by atoms with Crippen molar-refractivity contribution in [1.29, 1.82) is 0 Å². The minimum absolute atomic E-state index is 0.366. The maximum atomic E-state index is 10.6. The summed E-state index contributed by atoms with van der Waals surface area (Å²) in [5.74, 6) is -6.14. The van der Waals surface area contributed by atoms with Gasteiger partial charge in [-0.2, -0.15) is 50.9 Å². The van der Waals surface area contributed by atoms with Crippen molar-refractivity contribution in [2.24, 2.45) is 5.92 Å². The Morgan fingerprint density at radius 1 is 0.827 bits per heavy atom. The van der Waals surface area contributed by atoms with Gasteiger partial charge in [0.25, 0.3) is 0 Å². The number of fused-ring (bicyclic) bond motifs is 1. The smallest absolute Gasteiger partial charge is 0.475 e. The molecular formula is C30H34F9N5O7S. The van der Waals surface area contributed by atoms with Crippen LogP contribution < -0.4 is 4.90 Å². The van der Waals surface area contributed by atoms with Gasteiger partial charge < -0.3 is 25.0 Å². The zero-order chi connectivity index (χ0) is 38.9. The summed E-state index contributed by atoms with van der Waals surface area (Å²) < 4.78 is 103. The van der Waals surface area contributed by atoms with Crippen LogP contribution in [0.2, 0.25) is 0 Å². The van der Waals surface area contributed by atoms with E-state index in [1.54, 1.807) is 11.3 Å². The lowest BCUT2D eigenvalue weighted by atomic mass is 10.1. The Hall–Kier alpha value is -4.15. The predicted molar refractivity (Wildman–Crippen MR) is 166 cm³/mol. The largest absolute Gasteiger partial charge is 0.490 e. The van der Waals surface area contributed by atoms with E-state index in [1.165, 1.54) is 36.5 Å². The molecule has 3 aromatic rings. The number of ether oxygens (including phenoxy) is 1. The fourth-order valence-electron chi connectivity index (χ4n) is 5.02. The summed E-state index contributed by atoms with van der Waals surface area (Å²) >= 11 is 1.79. The van der Waals surface area contributed by atoms with E-state index < -0.39 is 36.4 Å². The summed E-state index contributed by atoms with van der Waals surface area (Å²) in [5, 5.41) is 25.8. The number of thiophene rings is 1. The zero-order valence-corrected chi connectivity index (χ0v) is 27.8. The number of morpholine rings is 1. The molecule has 3 aliphatic rings. The number of halogens is 9. The van der Waals surface area contributed by atoms with Gasteiger partial charge in [-0.15, -0.1) is 0 Å². The molecule has 1 saturated carbocycles. The molecule has 3 aromatic heterocycles. The first-order valence-electron chi connectivity index (χ1n) is 15.3. The summed E-state index contributed by atoms with van der Waals surface area (Å²) in [6, 6.07) is 9.13. The highest BCUT2D eigenvalue weighted by molar-refractivity contribution is 7.07. The fraction of sp³-hybridized carbons (Fsp3) is 0.533. The van der Waals surface area contributed by atoms with E-state index in [4.69, 9.17) is 39.4 Å². The van der Waals surface area contributed by atoms with Gasteiger partial charge >= 0.3 is 36.4 Å². The van der Waals surface area contributed by atoms with E-state index in [2.05, 4.69) is 60.3 Å². The molecule has 22 heteroatoms. The fourth-order valence-corrected chi connectivity index (χ4v) is 5.68. The van der Waals surface area contributed by atoms with Crippen LogP contribution in [0.3, 0.4) is 0 Å². The molecule has 0 aromatic carbocycles. The average molecular weight is 780 g/mol. The van der Waals surface area contributed by atoms with Crippen LogP contribution in [0.25, 0.3) is 5.65 Å². The minimum atomic E-state index is -5.08. The van der Waals surface area contributed by atoms with Crippen LogP contribution in [0.5, 0.6) is 0 Å². The second-order valence-electron chi connectivity index (χ2n) is 11.6. The van der Waals surface area contributed by atoms with Crippen molar-refractivity contribution in [3.05, 3.63) is 52.5 Å². The molecule has 0 amide bonds. The van der Waals surface area contributed by atoms with E-state index in [0.717, 1.165) is 64.0 Å². The van der Waals surface area contributed by atoms with Gasteiger partial charge in [-0.3, -0.25) is 14.2 Å². The summed E-state index contributed by atoms with van der Waals surface area (Å²) in [6.45, 7) is 9.09. The molecule has 1 atom stereocenters. The molecule has 0 radical (unpaired) electrons. The minimum Gasteiger partial charge on any atom is -0.475 e. The number of hydrogen-bond donors (Lipinski definition) is 3. The third-order valence-corrected chi connectivity index (χ3v) is 8.38. The third-order valence-electron chi connectivity index (χ3n) is 7.64. The Morgan fingerprint density at radius 2 is 1.38 bits per heavy atom. The number of pyridine rings is 1. The number of imidazole rings is 1.